The third-order valence-electron chi connectivity index (χ3n) is 7.37. The van der Waals surface area contributed by atoms with Crippen molar-refractivity contribution in [1.82, 2.24) is 9.80 Å². The SMILES string of the molecule is COC(=O)CC[C@@H]1CN(Cc2ccc(F)cc2)CC[C@@H]1N1CCN(c2cccc(C(F)(F)F)c2)CC1. The van der Waals surface area contributed by atoms with Gasteiger partial charge in [-0.1, -0.05) is 18.2 Å². The number of esters is 1. The van der Waals surface area contributed by atoms with E-state index in [0.717, 1.165) is 50.8 Å². The predicted molar refractivity (Wildman–Crippen MR) is 130 cm³/mol. The number of nitrogens with zero attached hydrogens (tertiary/aromatic N) is 3. The van der Waals surface area contributed by atoms with E-state index in [9.17, 15) is 22.4 Å². The van der Waals surface area contributed by atoms with Gasteiger partial charge in [-0.05, 0) is 61.2 Å². The lowest BCUT2D eigenvalue weighted by Gasteiger charge is -2.47. The molecule has 2 atom stereocenters. The molecule has 0 bridgehead atoms. The molecule has 0 aliphatic carbocycles. The summed E-state index contributed by atoms with van der Waals surface area (Å²) < 4.78 is 57.6. The number of alkyl halides is 3. The van der Waals surface area contributed by atoms with Crippen molar-refractivity contribution in [3.63, 3.8) is 0 Å². The first-order chi connectivity index (χ1) is 17.2. The van der Waals surface area contributed by atoms with Crippen LogP contribution >= 0.6 is 0 Å². The normalized spacial score (nSPS) is 22.0. The highest BCUT2D eigenvalue weighted by atomic mass is 19.4. The Labute approximate surface area is 209 Å². The number of methoxy groups -OCH3 is 1. The summed E-state index contributed by atoms with van der Waals surface area (Å²) in [4.78, 5) is 18.7. The van der Waals surface area contributed by atoms with E-state index in [-0.39, 0.29) is 17.7 Å². The van der Waals surface area contributed by atoms with Crippen LogP contribution in [0.3, 0.4) is 0 Å². The molecule has 2 saturated heterocycles. The maximum Gasteiger partial charge on any atom is 0.416 e. The number of piperidine rings is 1. The first-order valence-electron chi connectivity index (χ1n) is 12.4. The van der Waals surface area contributed by atoms with Gasteiger partial charge in [-0.3, -0.25) is 14.6 Å². The second-order valence-electron chi connectivity index (χ2n) is 9.66. The van der Waals surface area contributed by atoms with E-state index >= 15 is 0 Å². The van der Waals surface area contributed by atoms with Crippen molar-refractivity contribution in [3.8, 4) is 0 Å². The number of hydrogen-bond acceptors (Lipinski definition) is 5. The quantitative estimate of drug-likeness (QED) is 0.397. The Morgan fingerprint density at radius 3 is 2.42 bits per heavy atom. The van der Waals surface area contributed by atoms with Gasteiger partial charge in [-0.2, -0.15) is 13.2 Å². The third-order valence-corrected chi connectivity index (χ3v) is 7.37. The fourth-order valence-electron chi connectivity index (χ4n) is 5.45. The van der Waals surface area contributed by atoms with Crippen molar-refractivity contribution in [2.45, 2.75) is 38.0 Å². The Morgan fingerprint density at radius 1 is 1.03 bits per heavy atom. The molecule has 2 aliphatic rings. The van der Waals surface area contributed by atoms with Gasteiger partial charge in [-0.15, -0.1) is 0 Å². The molecule has 2 aromatic carbocycles. The lowest BCUT2D eigenvalue weighted by atomic mass is 9.86. The largest absolute Gasteiger partial charge is 0.469 e. The molecule has 0 saturated carbocycles. The summed E-state index contributed by atoms with van der Waals surface area (Å²) in [6.07, 6.45) is -2.35. The Morgan fingerprint density at radius 2 is 1.75 bits per heavy atom. The van der Waals surface area contributed by atoms with Crippen LogP contribution in [-0.4, -0.2) is 68.2 Å². The third kappa shape index (κ3) is 6.76. The van der Waals surface area contributed by atoms with E-state index in [2.05, 4.69) is 9.80 Å². The van der Waals surface area contributed by atoms with E-state index in [0.29, 0.717) is 37.7 Å². The van der Waals surface area contributed by atoms with Crippen molar-refractivity contribution >= 4 is 11.7 Å². The molecule has 4 rings (SSSR count). The predicted octanol–water partition coefficient (Wildman–Crippen LogP) is 4.81. The summed E-state index contributed by atoms with van der Waals surface area (Å²) in [7, 11) is 1.40. The lowest BCUT2D eigenvalue weighted by molar-refractivity contribution is -0.141. The fraction of sp³-hybridized carbons (Fsp3) is 0.519. The summed E-state index contributed by atoms with van der Waals surface area (Å²) in [6, 6.07) is 12.4. The van der Waals surface area contributed by atoms with Crippen LogP contribution in [0.4, 0.5) is 23.2 Å². The Balaban J connectivity index is 1.39. The molecule has 2 aliphatic heterocycles. The highest BCUT2D eigenvalue weighted by Gasteiger charge is 2.35. The summed E-state index contributed by atoms with van der Waals surface area (Å²) >= 11 is 0. The number of rotatable bonds is 7. The number of hydrogen-bond donors (Lipinski definition) is 0. The zero-order valence-electron chi connectivity index (χ0n) is 20.5. The minimum atomic E-state index is -4.35. The average molecular weight is 508 g/mol. The number of halogens is 4. The summed E-state index contributed by atoms with van der Waals surface area (Å²) in [6.45, 7) is 5.27. The molecule has 196 valence electrons. The van der Waals surface area contributed by atoms with Crippen molar-refractivity contribution in [2.75, 3.05) is 51.3 Å². The monoisotopic (exact) mass is 507 g/mol. The van der Waals surface area contributed by atoms with Gasteiger partial charge >= 0.3 is 12.1 Å². The summed E-state index contributed by atoms with van der Waals surface area (Å²) in [5.74, 6) is -0.213. The highest BCUT2D eigenvalue weighted by Crippen LogP contribution is 2.33. The van der Waals surface area contributed by atoms with E-state index in [4.69, 9.17) is 4.74 Å². The van der Waals surface area contributed by atoms with Gasteiger partial charge in [0, 0.05) is 57.4 Å². The molecule has 0 radical (unpaired) electrons. The number of carbonyl (C=O) groups is 1. The van der Waals surface area contributed by atoms with Gasteiger partial charge < -0.3 is 9.64 Å². The van der Waals surface area contributed by atoms with E-state index in [1.54, 1.807) is 18.2 Å². The molecule has 5 nitrogen and oxygen atoms in total. The second-order valence-corrected chi connectivity index (χ2v) is 9.66. The first kappa shape index (κ1) is 26.4. The number of ether oxygens (including phenoxy) is 1. The van der Waals surface area contributed by atoms with Gasteiger partial charge in [0.2, 0.25) is 0 Å². The Hall–Kier alpha value is -2.65. The van der Waals surface area contributed by atoms with Crippen LogP contribution in [0.1, 0.15) is 30.4 Å². The number of anilines is 1. The van der Waals surface area contributed by atoms with Crippen molar-refractivity contribution in [3.05, 3.63) is 65.5 Å². The maximum atomic E-state index is 13.3. The fourth-order valence-corrected chi connectivity index (χ4v) is 5.45. The minimum Gasteiger partial charge on any atom is -0.469 e. The standard InChI is InChI=1S/C27H33F4N3O2/c1-36-26(35)10-7-21-19-32(18-20-5-8-23(28)9-6-20)12-11-25(21)34-15-13-33(14-16-34)24-4-2-3-22(17-24)27(29,30)31/h2-6,8-9,17,21,25H,7,10-16,18-19H2,1H3/t21-,25+/m1/s1. The minimum absolute atomic E-state index is 0.223. The highest BCUT2D eigenvalue weighted by molar-refractivity contribution is 5.69. The van der Waals surface area contributed by atoms with Crippen LogP contribution in [0, 0.1) is 11.7 Å². The van der Waals surface area contributed by atoms with Crippen LogP contribution in [0.15, 0.2) is 48.5 Å². The maximum absolute atomic E-state index is 13.3. The molecular weight excluding hydrogens is 474 g/mol. The lowest BCUT2D eigenvalue weighted by Crippen LogP contribution is -2.56. The van der Waals surface area contributed by atoms with Crippen molar-refractivity contribution in [1.29, 1.82) is 0 Å². The molecular formula is C27H33F4N3O2. The van der Waals surface area contributed by atoms with Gasteiger partial charge in [0.05, 0.1) is 12.7 Å². The molecule has 2 fully saturated rings. The molecule has 36 heavy (non-hydrogen) atoms. The summed E-state index contributed by atoms with van der Waals surface area (Å²) in [5, 5.41) is 0. The smallest absolute Gasteiger partial charge is 0.416 e. The van der Waals surface area contributed by atoms with Crippen LogP contribution in [-0.2, 0) is 22.3 Å². The van der Waals surface area contributed by atoms with E-state index in [1.807, 2.05) is 4.90 Å². The topological polar surface area (TPSA) is 36.0 Å². The molecule has 0 N–H and O–H groups in total. The van der Waals surface area contributed by atoms with Crippen LogP contribution in [0.2, 0.25) is 0 Å². The van der Waals surface area contributed by atoms with Crippen molar-refractivity contribution < 1.29 is 27.1 Å². The first-order valence-corrected chi connectivity index (χ1v) is 12.4. The van der Waals surface area contributed by atoms with E-state index in [1.165, 1.54) is 31.4 Å². The van der Waals surface area contributed by atoms with Gasteiger partial charge in [0.15, 0.2) is 0 Å². The molecule has 2 aromatic rings. The van der Waals surface area contributed by atoms with Crippen LogP contribution in [0.5, 0.6) is 0 Å². The van der Waals surface area contributed by atoms with Gasteiger partial charge in [0.25, 0.3) is 0 Å². The van der Waals surface area contributed by atoms with Crippen LogP contribution in [0.25, 0.3) is 0 Å². The molecule has 0 amide bonds. The molecule has 0 aromatic heterocycles. The zero-order valence-corrected chi connectivity index (χ0v) is 20.5. The van der Waals surface area contributed by atoms with Gasteiger partial charge in [0.1, 0.15) is 5.82 Å². The van der Waals surface area contributed by atoms with Crippen LogP contribution < -0.4 is 4.90 Å². The zero-order chi connectivity index (χ0) is 25.7. The molecule has 0 unspecified atom stereocenters. The average Bonchev–Trinajstić information content (AvgIpc) is 2.88. The second kappa shape index (κ2) is 11.6. The molecule has 2 heterocycles. The Kier molecular flexibility index (Phi) is 8.51. The number of carbonyl (C=O) groups excluding carboxylic acids is 1. The molecule has 0 spiro atoms. The number of benzene rings is 2. The molecule has 9 heteroatoms. The van der Waals surface area contributed by atoms with Gasteiger partial charge in [-0.25, -0.2) is 4.39 Å². The number of likely N-dealkylation sites (tertiary alicyclic amines) is 1. The Bertz CT molecular complexity index is 1010. The summed E-state index contributed by atoms with van der Waals surface area (Å²) in [5.41, 5.74) is 1.02. The van der Waals surface area contributed by atoms with E-state index < -0.39 is 11.7 Å². The number of piperazine rings is 1. The van der Waals surface area contributed by atoms with Crippen molar-refractivity contribution in [2.24, 2.45) is 5.92 Å².